The standard InChI is InChI=1S/C29H57NO3/c1-3-5-7-9-11-12-13-14-15-16-17-19-20-22-24-28(32)27(26-31)30-29(33)25-23-21-18-10-8-6-4-2/h22,24,27-28,31-32H,3-21,23,25-26H2,1-2H3,(H,30,33)/b24-22+. The molecule has 0 aliphatic carbocycles. The minimum Gasteiger partial charge on any atom is -0.394 e. The summed E-state index contributed by atoms with van der Waals surface area (Å²) < 4.78 is 0. The molecule has 0 aromatic carbocycles. The normalized spacial score (nSPS) is 13.5. The fourth-order valence-corrected chi connectivity index (χ4v) is 4.23. The van der Waals surface area contributed by atoms with Gasteiger partial charge in [0.25, 0.3) is 0 Å². The number of carbonyl (C=O) groups is 1. The van der Waals surface area contributed by atoms with Crippen LogP contribution in [0.25, 0.3) is 0 Å². The van der Waals surface area contributed by atoms with Gasteiger partial charge in [-0.2, -0.15) is 0 Å². The number of unbranched alkanes of at least 4 members (excludes halogenated alkanes) is 18. The quantitative estimate of drug-likeness (QED) is 0.0955. The summed E-state index contributed by atoms with van der Waals surface area (Å²) in [5.74, 6) is -0.0731. The minimum absolute atomic E-state index is 0.0731. The van der Waals surface area contributed by atoms with Crippen molar-refractivity contribution in [2.75, 3.05) is 6.61 Å². The lowest BCUT2D eigenvalue weighted by Crippen LogP contribution is -2.45. The van der Waals surface area contributed by atoms with Crippen molar-refractivity contribution in [1.82, 2.24) is 5.32 Å². The van der Waals surface area contributed by atoms with Gasteiger partial charge in [-0.1, -0.05) is 135 Å². The minimum atomic E-state index is -0.828. The zero-order chi connectivity index (χ0) is 24.4. The van der Waals surface area contributed by atoms with E-state index in [0.29, 0.717) is 6.42 Å². The summed E-state index contributed by atoms with van der Waals surface area (Å²) in [4.78, 5) is 12.1. The molecular formula is C29H57NO3. The van der Waals surface area contributed by atoms with Crippen LogP contribution in [0.4, 0.5) is 0 Å². The van der Waals surface area contributed by atoms with Gasteiger partial charge in [0.15, 0.2) is 0 Å². The monoisotopic (exact) mass is 467 g/mol. The summed E-state index contributed by atoms with van der Waals surface area (Å²) in [6.45, 7) is 4.24. The first kappa shape index (κ1) is 32.1. The molecule has 2 unspecified atom stereocenters. The molecule has 4 nitrogen and oxygen atoms in total. The van der Waals surface area contributed by atoms with Crippen molar-refractivity contribution in [3.8, 4) is 0 Å². The van der Waals surface area contributed by atoms with Crippen LogP contribution >= 0.6 is 0 Å². The van der Waals surface area contributed by atoms with Crippen LogP contribution in [0.15, 0.2) is 12.2 Å². The molecule has 0 saturated heterocycles. The molecule has 0 aromatic heterocycles. The molecule has 1 amide bonds. The van der Waals surface area contributed by atoms with Crippen molar-refractivity contribution in [2.24, 2.45) is 0 Å². The smallest absolute Gasteiger partial charge is 0.220 e. The van der Waals surface area contributed by atoms with Crippen LogP contribution in [0, 0.1) is 0 Å². The highest BCUT2D eigenvalue weighted by Gasteiger charge is 2.17. The van der Waals surface area contributed by atoms with E-state index < -0.39 is 12.1 Å². The second-order valence-corrected chi connectivity index (χ2v) is 9.82. The summed E-state index contributed by atoms with van der Waals surface area (Å²) >= 11 is 0. The van der Waals surface area contributed by atoms with Gasteiger partial charge in [0.05, 0.1) is 18.8 Å². The van der Waals surface area contributed by atoms with E-state index in [9.17, 15) is 15.0 Å². The maximum absolute atomic E-state index is 12.1. The fraction of sp³-hybridized carbons (Fsp3) is 0.897. The highest BCUT2D eigenvalue weighted by atomic mass is 16.3. The number of aliphatic hydroxyl groups excluding tert-OH is 2. The van der Waals surface area contributed by atoms with Gasteiger partial charge in [0.2, 0.25) is 5.91 Å². The summed E-state index contributed by atoms with van der Waals surface area (Å²) in [6, 6.07) is -0.611. The van der Waals surface area contributed by atoms with Gasteiger partial charge in [-0.05, 0) is 19.3 Å². The highest BCUT2D eigenvalue weighted by molar-refractivity contribution is 5.76. The van der Waals surface area contributed by atoms with Gasteiger partial charge < -0.3 is 15.5 Å². The van der Waals surface area contributed by atoms with Crippen molar-refractivity contribution in [3.63, 3.8) is 0 Å². The lowest BCUT2D eigenvalue weighted by atomic mass is 10.0. The van der Waals surface area contributed by atoms with E-state index in [1.807, 2.05) is 6.08 Å². The molecule has 0 heterocycles. The molecule has 0 fully saturated rings. The van der Waals surface area contributed by atoms with Crippen LogP contribution in [0.3, 0.4) is 0 Å². The van der Waals surface area contributed by atoms with Crippen molar-refractivity contribution in [1.29, 1.82) is 0 Å². The first-order chi connectivity index (χ1) is 16.2. The zero-order valence-corrected chi connectivity index (χ0v) is 22.2. The van der Waals surface area contributed by atoms with E-state index in [0.717, 1.165) is 25.7 Å². The molecule has 4 heteroatoms. The largest absolute Gasteiger partial charge is 0.394 e. The summed E-state index contributed by atoms with van der Waals surface area (Å²) in [7, 11) is 0. The number of carbonyl (C=O) groups excluding carboxylic acids is 1. The second-order valence-electron chi connectivity index (χ2n) is 9.82. The fourth-order valence-electron chi connectivity index (χ4n) is 4.23. The number of amides is 1. The Balaban J connectivity index is 3.67. The Hall–Kier alpha value is -0.870. The van der Waals surface area contributed by atoms with Crippen LogP contribution in [-0.2, 0) is 4.79 Å². The molecule has 0 rings (SSSR count). The Labute approximate surface area is 206 Å². The lowest BCUT2D eigenvalue weighted by molar-refractivity contribution is -0.123. The Bertz CT molecular complexity index is 439. The molecule has 0 spiro atoms. The molecule has 196 valence electrons. The third-order valence-electron chi connectivity index (χ3n) is 6.52. The Morgan fingerprint density at radius 2 is 1.12 bits per heavy atom. The maximum Gasteiger partial charge on any atom is 0.220 e. The predicted molar refractivity (Wildman–Crippen MR) is 142 cm³/mol. The van der Waals surface area contributed by atoms with Gasteiger partial charge in [-0.25, -0.2) is 0 Å². The molecule has 2 atom stereocenters. The molecule has 0 bridgehead atoms. The van der Waals surface area contributed by atoms with E-state index in [1.165, 1.54) is 103 Å². The summed E-state index contributed by atoms with van der Waals surface area (Å²) in [6.07, 6.45) is 28.6. The number of rotatable bonds is 25. The number of hydrogen-bond acceptors (Lipinski definition) is 3. The van der Waals surface area contributed by atoms with Crippen LogP contribution in [-0.4, -0.2) is 34.9 Å². The molecule has 3 N–H and O–H groups in total. The van der Waals surface area contributed by atoms with Crippen LogP contribution in [0.1, 0.15) is 149 Å². The van der Waals surface area contributed by atoms with E-state index in [1.54, 1.807) is 6.08 Å². The predicted octanol–water partition coefficient (Wildman–Crippen LogP) is 7.61. The van der Waals surface area contributed by atoms with Crippen molar-refractivity contribution >= 4 is 5.91 Å². The molecule has 0 saturated carbocycles. The highest BCUT2D eigenvalue weighted by Crippen LogP contribution is 2.13. The first-order valence-corrected chi connectivity index (χ1v) is 14.4. The number of hydrogen-bond donors (Lipinski definition) is 3. The van der Waals surface area contributed by atoms with Gasteiger partial charge in [-0.15, -0.1) is 0 Å². The molecule has 0 radical (unpaired) electrons. The Morgan fingerprint density at radius 1 is 0.697 bits per heavy atom. The van der Waals surface area contributed by atoms with Crippen LogP contribution < -0.4 is 5.32 Å². The SMILES string of the molecule is CCCCCCCCCCCCCC/C=C/C(O)C(CO)NC(=O)CCCCCCCCC. The average molecular weight is 468 g/mol. The first-order valence-electron chi connectivity index (χ1n) is 14.4. The van der Waals surface area contributed by atoms with E-state index >= 15 is 0 Å². The van der Waals surface area contributed by atoms with Gasteiger partial charge in [0, 0.05) is 6.42 Å². The number of aliphatic hydroxyl groups is 2. The van der Waals surface area contributed by atoms with Crippen molar-refractivity contribution < 1.29 is 15.0 Å². The Morgan fingerprint density at radius 3 is 1.58 bits per heavy atom. The molecule has 0 aromatic rings. The van der Waals surface area contributed by atoms with Crippen LogP contribution in [0.2, 0.25) is 0 Å². The van der Waals surface area contributed by atoms with Crippen molar-refractivity contribution in [3.05, 3.63) is 12.2 Å². The third kappa shape index (κ3) is 22.7. The summed E-state index contributed by atoms with van der Waals surface area (Å²) in [5, 5.41) is 22.6. The average Bonchev–Trinajstić information content (AvgIpc) is 2.82. The number of allylic oxidation sites excluding steroid dienone is 1. The third-order valence-corrected chi connectivity index (χ3v) is 6.52. The molecule has 0 aliphatic heterocycles. The van der Waals surface area contributed by atoms with Gasteiger partial charge in [-0.3, -0.25) is 4.79 Å². The molecule has 0 aliphatic rings. The van der Waals surface area contributed by atoms with Crippen LogP contribution in [0.5, 0.6) is 0 Å². The second kappa shape index (κ2) is 25.7. The van der Waals surface area contributed by atoms with E-state index in [-0.39, 0.29) is 12.5 Å². The van der Waals surface area contributed by atoms with Gasteiger partial charge >= 0.3 is 0 Å². The maximum atomic E-state index is 12.1. The van der Waals surface area contributed by atoms with Crippen molar-refractivity contribution in [2.45, 2.75) is 161 Å². The van der Waals surface area contributed by atoms with Gasteiger partial charge in [0.1, 0.15) is 0 Å². The zero-order valence-electron chi connectivity index (χ0n) is 22.2. The summed E-state index contributed by atoms with van der Waals surface area (Å²) in [5.41, 5.74) is 0. The topological polar surface area (TPSA) is 69.6 Å². The molecular weight excluding hydrogens is 410 g/mol. The van der Waals surface area contributed by atoms with E-state index in [4.69, 9.17) is 0 Å². The number of nitrogens with one attached hydrogen (secondary N) is 1. The Kier molecular flexibility index (Phi) is 25.1. The van der Waals surface area contributed by atoms with E-state index in [2.05, 4.69) is 19.2 Å². The lowest BCUT2D eigenvalue weighted by Gasteiger charge is -2.20. The molecule has 33 heavy (non-hydrogen) atoms.